The Balaban J connectivity index is 0.000000271. The average molecular weight is 456 g/mol. The molecular formula is C28H24O6. The number of aromatic hydroxyl groups is 2. The zero-order valence-electron chi connectivity index (χ0n) is 18.3. The van der Waals surface area contributed by atoms with Gasteiger partial charge in [0, 0.05) is 0 Å². The lowest BCUT2D eigenvalue weighted by Gasteiger charge is -2.14. The number of carbonyl (C=O) groups is 2. The first-order valence-corrected chi connectivity index (χ1v) is 10.5. The molecule has 172 valence electrons. The summed E-state index contributed by atoms with van der Waals surface area (Å²) < 4.78 is 11.7. The van der Waals surface area contributed by atoms with Crippen molar-refractivity contribution in [1.29, 1.82) is 0 Å². The summed E-state index contributed by atoms with van der Waals surface area (Å²) in [4.78, 5) is 21.4. The third-order valence-electron chi connectivity index (χ3n) is 4.77. The molecular weight excluding hydrogens is 432 g/mol. The number of phenols is 2. The summed E-state index contributed by atoms with van der Waals surface area (Å²) in [5.74, 6) is 0.411. The maximum atomic E-state index is 11.3. The maximum Gasteiger partial charge on any atom is 0.172 e. The second kappa shape index (κ2) is 12.5. The van der Waals surface area contributed by atoms with Crippen LogP contribution in [0, 0.1) is 0 Å². The van der Waals surface area contributed by atoms with Gasteiger partial charge in [-0.05, 0) is 35.4 Å². The molecule has 2 N–H and O–H groups in total. The SMILES string of the molecule is O=Cc1cccc(O)c1O.O=Cc1cccc(OCc2ccccc2)c1OCc1ccccc1. The van der Waals surface area contributed by atoms with Crippen LogP contribution in [0.25, 0.3) is 0 Å². The molecule has 0 heterocycles. The predicted molar refractivity (Wildman–Crippen MR) is 129 cm³/mol. The Bertz CT molecular complexity index is 1210. The largest absolute Gasteiger partial charge is 0.504 e. The molecule has 0 aliphatic heterocycles. The fraction of sp³-hybridized carbons (Fsp3) is 0.0714. The Hall–Kier alpha value is -4.58. The fourth-order valence-corrected chi connectivity index (χ4v) is 3.00. The summed E-state index contributed by atoms with van der Waals surface area (Å²) in [5.41, 5.74) is 2.67. The fourth-order valence-electron chi connectivity index (χ4n) is 3.00. The Morgan fingerprint density at radius 3 is 1.68 bits per heavy atom. The van der Waals surface area contributed by atoms with Crippen molar-refractivity contribution in [2.45, 2.75) is 13.2 Å². The summed E-state index contributed by atoms with van der Waals surface area (Å²) >= 11 is 0. The summed E-state index contributed by atoms with van der Waals surface area (Å²) in [6.45, 7) is 0.804. The first-order valence-electron chi connectivity index (χ1n) is 10.5. The average Bonchev–Trinajstić information content (AvgIpc) is 2.89. The van der Waals surface area contributed by atoms with Gasteiger partial charge in [-0.2, -0.15) is 0 Å². The maximum absolute atomic E-state index is 11.3. The van der Waals surface area contributed by atoms with Gasteiger partial charge in [0.05, 0.1) is 11.1 Å². The van der Waals surface area contributed by atoms with E-state index in [1.54, 1.807) is 12.1 Å². The number of benzene rings is 4. The molecule has 6 nitrogen and oxygen atoms in total. The molecule has 0 amide bonds. The van der Waals surface area contributed by atoms with E-state index in [0.29, 0.717) is 36.6 Å². The first kappa shape index (κ1) is 24.1. The molecule has 0 radical (unpaired) electrons. The normalized spacial score (nSPS) is 9.88. The van der Waals surface area contributed by atoms with Gasteiger partial charge in [-0.25, -0.2) is 0 Å². The van der Waals surface area contributed by atoms with E-state index >= 15 is 0 Å². The number of hydrogen-bond acceptors (Lipinski definition) is 6. The number of para-hydroxylation sites is 2. The van der Waals surface area contributed by atoms with Gasteiger partial charge >= 0.3 is 0 Å². The molecule has 0 saturated heterocycles. The Morgan fingerprint density at radius 1 is 0.588 bits per heavy atom. The molecule has 4 aromatic carbocycles. The first-order chi connectivity index (χ1) is 16.6. The van der Waals surface area contributed by atoms with Gasteiger partial charge in [0.25, 0.3) is 0 Å². The summed E-state index contributed by atoms with van der Waals surface area (Å²) in [5, 5.41) is 17.7. The highest BCUT2D eigenvalue weighted by molar-refractivity contribution is 5.81. The van der Waals surface area contributed by atoms with E-state index in [-0.39, 0.29) is 17.1 Å². The third kappa shape index (κ3) is 6.71. The topological polar surface area (TPSA) is 93.1 Å². The summed E-state index contributed by atoms with van der Waals surface area (Å²) in [7, 11) is 0. The van der Waals surface area contributed by atoms with Crippen molar-refractivity contribution < 1.29 is 29.3 Å². The van der Waals surface area contributed by atoms with Crippen LogP contribution in [-0.2, 0) is 13.2 Å². The van der Waals surface area contributed by atoms with Gasteiger partial charge < -0.3 is 19.7 Å². The molecule has 0 bridgehead atoms. The molecule has 0 aromatic heterocycles. The molecule has 6 heteroatoms. The van der Waals surface area contributed by atoms with Gasteiger partial charge in [0.1, 0.15) is 13.2 Å². The Kier molecular flexibility index (Phi) is 8.82. The zero-order valence-corrected chi connectivity index (χ0v) is 18.3. The van der Waals surface area contributed by atoms with Gasteiger partial charge in [0.15, 0.2) is 35.6 Å². The van der Waals surface area contributed by atoms with E-state index in [4.69, 9.17) is 19.7 Å². The molecule has 34 heavy (non-hydrogen) atoms. The minimum absolute atomic E-state index is 0.0972. The quantitative estimate of drug-likeness (QED) is 0.266. The number of phenolic OH excluding ortho intramolecular Hbond substituents is 2. The number of rotatable bonds is 8. The summed E-state index contributed by atoms with van der Waals surface area (Å²) in [6, 6.07) is 29.3. The molecule has 0 saturated carbocycles. The van der Waals surface area contributed by atoms with Crippen LogP contribution in [0.15, 0.2) is 97.1 Å². The van der Waals surface area contributed by atoms with Crippen LogP contribution in [-0.4, -0.2) is 22.8 Å². The Labute approximate surface area is 197 Å². The van der Waals surface area contributed by atoms with Crippen LogP contribution in [0.5, 0.6) is 23.0 Å². The van der Waals surface area contributed by atoms with Gasteiger partial charge in [-0.1, -0.05) is 72.8 Å². The number of ether oxygens (including phenoxy) is 2. The van der Waals surface area contributed by atoms with Crippen LogP contribution >= 0.6 is 0 Å². The molecule has 0 spiro atoms. The van der Waals surface area contributed by atoms with Crippen LogP contribution in [0.3, 0.4) is 0 Å². The standard InChI is InChI=1S/C21H18O3.C7H6O3/c22-14-19-12-7-13-20(23-15-17-8-3-1-4-9-17)21(19)24-16-18-10-5-2-6-11-18;8-4-5-2-1-3-6(9)7(5)10/h1-14H,15-16H2;1-4,9-10H. The van der Waals surface area contributed by atoms with E-state index in [9.17, 15) is 9.59 Å². The smallest absolute Gasteiger partial charge is 0.172 e. The van der Waals surface area contributed by atoms with E-state index in [0.717, 1.165) is 17.4 Å². The molecule has 0 fully saturated rings. The lowest BCUT2D eigenvalue weighted by atomic mass is 10.2. The van der Waals surface area contributed by atoms with E-state index in [1.165, 1.54) is 18.2 Å². The van der Waals surface area contributed by atoms with Crippen molar-refractivity contribution in [3.05, 3.63) is 119 Å². The molecule has 0 aliphatic rings. The van der Waals surface area contributed by atoms with E-state index in [1.807, 2.05) is 66.7 Å². The highest BCUT2D eigenvalue weighted by atomic mass is 16.5. The Morgan fingerprint density at radius 2 is 1.12 bits per heavy atom. The zero-order chi connectivity index (χ0) is 24.2. The highest BCUT2D eigenvalue weighted by Crippen LogP contribution is 2.32. The molecule has 4 rings (SSSR count). The van der Waals surface area contributed by atoms with Crippen molar-refractivity contribution in [1.82, 2.24) is 0 Å². The van der Waals surface area contributed by atoms with Crippen LogP contribution < -0.4 is 9.47 Å². The van der Waals surface area contributed by atoms with Crippen LogP contribution in [0.1, 0.15) is 31.8 Å². The van der Waals surface area contributed by atoms with Crippen molar-refractivity contribution in [3.63, 3.8) is 0 Å². The second-order valence-corrected chi connectivity index (χ2v) is 7.17. The molecule has 4 aromatic rings. The molecule has 0 atom stereocenters. The minimum Gasteiger partial charge on any atom is -0.504 e. The monoisotopic (exact) mass is 456 g/mol. The lowest BCUT2D eigenvalue weighted by Crippen LogP contribution is -2.03. The van der Waals surface area contributed by atoms with Gasteiger partial charge in [-0.3, -0.25) is 9.59 Å². The summed E-state index contributed by atoms with van der Waals surface area (Å²) in [6.07, 6.45) is 1.27. The highest BCUT2D eigenvalue weighted by Gasteiger charge is 2.11. The number of aldehydes is 2. The molecule has 0 aliphatic carbocycles. The lowest BCUT2D eigenvalue weighted by molar-refractivity contribution is 0.111. The van der Waals surface area contributed by atoms with Crippen LogP contribution in [0.2, 0.25) is 0 Å². The predicted octanol–water partition coefficient (Wildman–Crippen LogP) is 5.57. The number of hydrogen-bond donors (Lipinski definition) is 2. The van der Waals surface area contributed by atoms with Crippen molar-refractivity contribution in [2.75, 3.05) is 0 Å². The molecule has 0 unspecified atom stereocenters. The van der Waals surface area contributed by atoms with Crippen LogP contribution in [0.4, 0.5) is 0 Å². The minimum atomic E-state index is -0.363. The second-order valence-electron chi connectivity index (χ2n) is 7.17. The van der Waals surface area contributed by atoms with Crippen molar-refractivity contribution in [3.8, 4) is 23.0 Å². The van der Waals surface area contributed by atoms with E-state index in [2.05, 4.69) is 0 Å². The van der Waals surface area contributed by atoms with Crippen molar-refractivity contribution in [2.24, 2.45) is 0 Å². The third-order valence-corrected chi connectivity index (χ3v) is 4.77. The number of carbonyl (C=O) groups excluding carboxylic acids is 2. The van der Waals surface area contributed by atoms with Gasteiger partial charge in [-0.15, -0.1) is 0 Å². The van der Waals surface area contributed by atoms with E-state index < -0.39 is 0 Å². The van der Waals surface area contributed by atoms with Crippen molar-refractivity contribution >= 4 is 12.6 Å². The van der Waals surface area contributed by atoms with Gasteiger partial charge in [0.2, 0.25) is 0 Å².